The summed E-state index contributed by atoms with van der Waals surface area (Å²) in [5.74, 6) is 6.05. The van der Waals surface area contributed by atoms with Gasteiger partial charge in [0, 0.05) is 23.1 Å². The number of methoxy groups -OCH3 is 1. The van der Waals surface area contributed by atoms with Crippen molar-refractivity contribution in [2.24, 2.45) is 5.84 Å². The first-order valence-electron chi connectivity index (χ1n) is 8.31. The molecule has 0 saturated heterocycles. The number of nitrogens with zero attached hydrogens (tertiary/aromatic N) is 1. The lowest BCUT2D eigenvalue weighted by atomic mass is 10.0. The fourth-order valence-electron chi connectivity index (χ4n) is 3.33. The van der Waals surface area contributed by atoms with Crippen LogP contribution in [0.4, 0.5) is 0 Å². The highest BCUT2D eigenvalue weighted by molar-refractivity contribution is 6.08. The Morgan fingerprint density at radius 1 is 1.20 bits per heavy atom. The van der Waals surface area contributed by atoms with Gasteiger partial charge in [0.2, 0.25) is 0 Å². The zero-order valence-electron chi connectivity index (χ0n) is 14.7. The molecule has 0 spiro atoms. The maximum Gasteiger partial charge on any atom is 0.267 e. The van der Waals surface area contributed by atoms with Crippen molar-refractivity contribution in [2.75, 3.05) is 7.11 Å². The highest BCUT2D eigenvalue weighted by Gasteiger charge is 2.24. The minimum atomic E-state index is -0.284. The van der Waals surface area contributed by atoms with Crippen molar-refractivity contribution in [3.8, 4) is 5.75 Å². The molecule has 0 fully saturated rings. The van der Waals surface area contributed by atoms with Gasteiger partial charge in [0.05, 0.1) is 12.7 Å². The van der Waals surface area contributed by atoms with E-state index in [0.717, 1.165) is 16.6 Å². The molecule has 0 aliphatic carbocycles. The Kier molecular flexibility index (Phi) is 4.76. The molecule has 3 aromatic rings. The number of nitrogens with two attached hydrogens (primary N) is 1. The summed E-state index contributed by atoms with van der Waals surface area (Å²) in [5, 5.41) is 0.849. The number of fused-ring (bicyclic) bond motifs is 1. The molecule has 2 aromatic carbocycles. The molecule has 0 atom stereocenters. The maximum absolute atomic E-state index is 12.5. The molecule has 1 heterocycles. The highest BCUT2D eigenvalue weighted by Crippen LogP contribution is 2.34. The lowest BCUT2D eigenvalue weighted by Gasteiger charge is -2.15. The van der Waals surface area contributed by atoms with Gasteiger partial charge in [-0.15, -0.1) is 0 Å². The molecule has 0 saturated carbocycles. The number of benzene rings is 2. The molecular weight excluding hydrogens is 314 g/mol. The highest BCUT2D eigenvalue weighted by atomic mass is 16.5. The number of carbonyl (C=O) groups excluding carboxylic acids is 1. The van der Waals surface area contributed by atoms with Crippen LogP contribution in [0.1, 0.15) is 41.4 Å². The number of carbonyl (C=O) groups is 1. The Bertz CT molecular complexity index is 898. The van der Waals surface area contributed by atoms with Gasteiger partial charge >= 0.3 is 0 Å². The molecule has 3 N–H and O–H groups in total. The van der Waals surface area contributed by atoms with Gasteiger partial charge in [-0.25, -0.2) is 5.84 Å². The molecule has 1 amide bonds. The monoisotopic (exact) mass is 337 g/mol. The molecule has 0 unspecified atom stereocenters. The van der Waals surface area contributed by atoms with E-state index in [1.807, 2.05) is 36.4 Å². The normalized spacial score (nSPS) is 11.1. The van der Waals surface area contributed by atoms with E-state index in [-0.39, 0.29) is 11.8 Å². The van der Waals surface area contributed by atoms with Crippen molar-refractivity contribution in [3.63, 3.8) is 0 Å². The van der Waals surface area contributed by atoms with Gasteiger partial charge in [-0.3, -0.25) is 10.2 Å². The molecule has 5 nitrogen and oxygen atoms in total. The minimum Gasteiger partial charge on any atom is -0.497 e. The standard InChI is InChI=1S/C20H23N3O2/c1-13(2)19-18(20(24)22-21)16-11-15(25-3)9-10-17(16)23(19)12-14-7-5-4-6-8-14/h4-11,13H,12,21H2,1-3H3,(H,22,24). The Morgan fingerprint density at radius 3 is 2.52 bits per heavy atom. The Hall–Kier alpha value is -2.79. The predicted octanol–water partition coefficient (Wildman–Crippen LogP) is 3.43. The minimum absolute atomic E-state index is 0.161. The van der Waals surface area contributed by atoms with Crippen molar-refractivity contribution < 1.29 is 9.53 Å². The lowest BCUT2D eigenvalue weighted by molar-refractivity contribution is 0.0953. The summed E-state index contributed by atoms with van der Waals surface area (Å²) < 4.78 is 7.54. The Labute approximate surface area is 147 Å². The summed E-state index contributed by atoms with van der Waals surface area (Å²) in [7, 11) is 1.62. The first-order valence-corrected chi connectivity index (χ1v) is 8.31. The summed E-state index contributed by atoms with van der Waals surface area (Å²) >= 11 is 0. The van der Waals surface area contributed by atoms with Crippen LogP contribution in [0.5, 0.6) is 5.75 Å². The number of aromatic nitrogens is 1. The summed E-state index contributed by atoms with van der Waals surface area (Å²) in [5.41, 5.74) is 6.04. The van der Waals surface area contributed by atoms with Crippen LogP contribution >= 0.6 is 0 Å². The van der Waals surface area contributed by atoms with Crippen LogP contribution in [0.25, 0.3) is 10.9 Å². The van der Waals surface area contributed by atoms with E-state index in [0.29, 0.717) is 17.9 Å². The van der Waals surface area contributed by atoms with Crippen LogP contribution in [-0.4, -0.2) is 17.6 Å². The van der Waals surface area contributed by atoms with Crippen molar-refractivity contribution in [1.82, 2.24) is 9.99 Å². The molecule has 25 heavy (non-hydrogen) atoms. The van der Waals surface area contributed by atoms with Gasteiger partial charge in [-0.2, -0.15) is 0 Å². The van der Waals surface area contributed by atoms with E-state index >= 15 is 0 Å². The molecule has 130 valence electrons. The van der Waals surface area contributed by atoms with Crippen LogP contribution in [0, 0.1) is 0 Å². The number of hydrazine groups is 1. The summed E-state index contributed by atoms with van der Waals surface area (Å²) in [6, 6.07) is 16.0. The van der Waals surface area contributed by atoms with E-state index < -0.39 is 0 Å². The first kappa shape index (κ1) is 17.0. The lowest BCUT2D eigenvalue weighted by Crippen LogP contribution is -2.31. The van der Waals surface area contributed by atoms with Gasteiger partial charge in [0.25, 0.3) is 5.91 Å². The third-order valence-corrected chi connectivity index (χ3v) is 4.40. The SMILES string of the molecule is COc1ccc2c(c1)c(C(=O)NN)c(C(C)C)n2Cc1ccccc1. The van der Waals surface area contributed by atoms with Crippen LogP contribution in [0.2, 0.25) is 0 Å². The van der Waals surface area contributed by atoms with E-state index in [2.05, 4.69) is 36.0 Å². The largest absolute Gasteiger partial charge is 0.497 e. The molecule has 0 radical (unpaired) electrons. The van der Waals surface area contributed by atoms with E-state index in [4.69, 9.17) is 10.6 Å². The van der Waals surface area contributed by atoms with Crippen molar-refractivity contribution in [3.05, 3.63) is 65.4 Å². The topological polar surface area (TPSA) is 69.3 Å². The van der Waals surface area contributed by atoms with Gasteiger partial charge in [0.15, 0.2) is 0 Å². The number of nitrogens with one attached hydrogen (secondary N) is 1. The second-order valence-electron chi connectivity index (χ2n) is 6.34. The van der Waals surface area contributed by atoms with Crippen LogP contribution < -0.4 is 16.0 Å². The second-order valence-corrected chi connectivity index (χ2v) is 6.34. The molecule has 0 aliphatic heterocycles. The molecule has 0 bridgehead atoms. The van der Waals surface area contributed by atoms with Crippen molar-refractivity contribution in [1.29, 1.82) is 0 Å². The zero-order chi connectivity index (χ0) is 18.0. The van der Waals surface area contributed by atoms with Crippen molar-refractivity contribution in [2.45, 2.75) is 26.3 Å². The van der Waals surface area contributed by atoms with Crippen LogP contribution in [-0.2, 0) is 6.54 Å². The summed E-state index contributed by atoms with van der Waals surface area (Å²) in [4.78, 5) is 12.5. The average molecular weight is 337 g/mol. The van der Waals surface area contributed by atoms with Gasteiger partial charge in [0.1, 0.15) is 5.75 Å². The zero-order valence-corrected chi connectivity index (χ0v) is 14.7. The second kappa shape index (κ2) is 6.99. The van der Waals surface area contributed by atoms with Gasteiger partial charge < -0.3 is 9.30 Å². The first-order chi connectivity index (χ1) is 12.1. The number of rotatable bonds is 5. The smallest absolute Gasteiger partial charge is 0.267 e. The third-order valence-electron chi connectivity index (χ3n) is 4.40. The van der Waals surface area contributed by atoms with Crippen molar-refractivity contribution >= 4 is 16.8 Å². The van der Waals surface area contributed by atoms with Crippen LogP contribution in [0.15, 0.2) is 48.5 Å². The molecular formula is C20H23N3O2. The number of amides is 1. The molecule has 5 heteroatoms. The number of hydrogen-bond donors (Lipinski definition) is 2. The summed E-state index contributed by atoms with van der Waals surface area (Å²) in [6.45, 7) is 4.86. The summed E-state index contributed by atoms with van der Waals surface area (Å²) in [6.07, 6.45) is 0. The fourth-order valence-corrected chi connectivity index (χ4v) is 3.33. The van der Waals surface area contributed by atoms with E-state index in [1.54, 1.807) is 7.11 Å². The van der Waals surface area contributed by atoms with E-state index in [9.17, 15) is 4.79 Å². The predicted molar refractivity (Wildman–Crippen MR) is 99.8 cm³/mol. The molecule has 3 rings (SSSR count). The maximum atomic E-state index is 12.5. The van der Waals surface area contributed by atoms with Gasteiger partial charge in [-0.05, 0) is 29.7 Å². The third kappa shape index (κ3) is 3.10. The van der Waals surface area contributed by atoms with Crippen LogP contribution in [0.3, 0.4) is 0 Å². The number of nitrogen functional groups attached to an aromatic ring is 1. The van der Waals surface area contributed by atoms with Gasteiger partial charge in [-0.1, -0.05) is 44.2 Å². The quantitative estimate of drug-likeness (QED) is 0.426. The molecule has 1 aromatic heterocycles. The van der Waals surface area contributed by atoms with E-state index in [1.165, 1.54) is 5.56 Å². The number of ether oxygens (including phenoxy) is 1. The number of hydrogen-bond acceptors (Lipinski definition) is 3. The fraction of sp³-hybridized carbons (Fsp3) is 0.250. The Morgan fingerprint density at radius 2 is 1.92 bits per heavy atom. The molecule has 0 aliphatic rings. The Balaban J connectivity index is 2.30. The average Bonchev–Trinajstić information content (AvgIpc) is 2.95.